The Balaban J connectivity index is 1.80. The fourth-order valence-corrected chi connectivity index (χ4v) is 3.29. The summed E-state index contributed by atoms with van der Waals surface area (Å²) in [7, 11) is 1.33. The zero-order valence-corrected chi connectivity index (χ0v) is 17.0. The van der Waals surface area contributed by atoms with Crippen LogP contribution < -0.4 is 4.74 Å². The van der Waals surface area contributed by atoms with Gasteiger partial charge in [-0.05, 0) is 42.7 Å². The Morgan fingerprint density at radius 1 is 1.07 bits per heavy atom. The molecule has 0 radical (unpaired) electrons. The third kappa shape index (κ3) is 4.57. The Bertz CT molecular complexity index is 943. The second-order valence-electron chi connectivity index (χ2n) is 6.81. The molecule has 150 valence electrons. The van der Waals surface area contributed by atoms with E-state index in [1.54, 1.807) is 17.9 Å². The largest absolute Gasteiger partial charge is 0.489 e. The Kier molecular flexibility index (Phi) is 6.50. The number of hydrogen-bond acceptors (Lipinski definition) is 4. The van der Waals surface area contributed by atoms with Gasteiger partial charge in [-0.3, -0.25) is 4.79 Å². The molecule has 0 spiro atoms. The van der Waals surface area contributed by atoms with Crippen molar-refractivity contribution in [2.45, 2.75) is 26.9 Å². The first-order chi connectivity index (χ1) is 14.0. The third-order valence-corrected chi connectivity index (χ3v) is 4.79. The average Bonchev–Trinajstić information content (AvgIpc) is 2.98. The number of rotatable bonds is 7. The van der Waals surface area contributed by atoms with Crippen LogP contribution in [-0.4, -0.2) is 30.4 Å². The zero-order valence-electron chi connectivity index (χ0n) is 17.0. The lowest BCUT2D eigenvalue weighted by Crippen LogP contribution is -2.25. The predicted molar refractivity (Wildman–Crippen MR) is 112 cm³/mol. The highest BCUT2D eigenvalue weighted by atomic mass is 16.5. The molecule has 1 aliphatic rings. The van der Waals surface area contributed by atoms with Crippen molar-refractivity contribution in [1.82, 2.24) is 4.90 Å². The van der Waals surface area contributed by atoms with Gasteiger partial charge in [-0.15, -0.1) is 0 Å². The fraction of sp³-hybridized carbons (Fsp3) is 0.250. The second kappa shape index (κ2) is 9.24. The predicted octanol–water partition coefficient (Wildman–Crippen LogP) is 4.35. The van der Waals surface area contributed by atoms with Crippen LogP contribution in [0, 0.1) is 0 Å². The van der Waals surface area contributed by atoms with Gasteiger partial charge in [0.15, 0.2) is 0 Å². The van der Waals surface area contributed by atoms with Gasteiger partial charge >= 0.3 is 5.97 Å². The highest BCUT2D eigenvalue weighted by Gasteiger charge is 2.36. The van der Waals surface area contributed by atoms with Crippen molar-refractivity contribution in [3.8, 4) is 5.75 Å². The number of amides is 1. The number of benzene rings is 2. The van der Waals surface area contributed by atoms with E-state index in [1.165, 1.54) is 7.11 Å². The van der Waals surface area contributed by atoms with Crippen molar-refractivity contribution in [3.05, 3.63) is 82.6 Å². The van der Waals surface area contributed by atoms with E-state index in [9.17, 15) is 9.59 Å². The number of allylic oxidation sites excluding steroid dienone is 1. The van der Waals surface area contributed by atoms with E-state index in [4.69, 9.17) is 9.47 Å². The lowest BCUT2D eigenvalue weighted by atomic mass is 10.0. The van der Waals surface area contributed by atoms with E-state index in [-0.39, 0.29) is 5.91 Å². The molecule has 0 aromatic heterocycles. The maximum atomic E-state index is 12.9. The molecule has 0 atom stereocenters. The third-order valence-electron chi connectivity index (χ3n) is 4.79. The van der Waals surface area contributed by atoms with Gasteiger partial charge in [-0.2, -0.15) is 0 Å². The maximum absolute atomic E-state index is 12.9. The summed E-state index contributed by atoms with van der Waals surface area (Å²) < 4.78 is 10.7. The molecule has 0 N–H and O–H groups in total. The molecule has 0 aliphatic carbocycles. The zero-order chi connectivity index (χ0) is 20.8. The van der Waals surface area contributed by atoms with Crippen LogP contribution in [0.4, 0.5) is 0 Å². The quantitative estimate of drug-likeness (QED) is 0.520. The molecule has 1 amide bonds. The smallest absolute Gasteiger partial charge is 0.340 e. The number of hydrogen-bond donors (Lipinski definition) is 0. The summed E-state index contributed by atoms with van der Waals surface area (Å²) >= 11 is 0. The van der Waals surface area contributed by atoms with E-state index in [2.05, 4.69) is 0 Å². The van der Waals surface area contributed by atoms with E-state index < -0.39 is 5.97 Å². The van der Waals surface area contributed by atoms with E-state index in [0.29, 0.717) is 30.0 Å². The molecular formula is C24H25NO4. The van der Waals surface area contributed by atoms with Crippen molar-refractivity contribution >= 4 is 18.0 Å². The van der Waals surface area contributed by atoms with Crippen molar-refractivity contribution in [2.24, 2.45) is 0 Å². The summed E-state index contributed by atoms with van der Waals surface area (Å²) in [5.74, 6) is 0.0685. The molecule has 0 unspecified atom stereocenters. The molecule has 29 heavy (non-hydrogen) atoms. The Hall–Kier alpha value is -3.34. The van der Waals surface area contributed by atoms with Gasteiger partial charge in [0.1, 0.15) is 12.4 Å². The first-order valence-electron chi connectivity index (χ1n) is 9.65. The summed E-state index contributed by atoms with van der Waals surface area (Å²) in [4.78, 5) is 26.8. The maximum Gasteiger partial charge on any atom is 0.340 e. The topological polar surface area (TPSA) is 55.8 Å². The van der Waals surface area contributed by atoms with Crippen LogP contribution in [-0.2, 0) is 20.9 Å². The van der Waals surface area contributed by atoms with Crippen LogP contribution in [0.15, 0.2) is 71.4 Å². The van der Waals surface area contributed by atoms with E-state index >= 15 is 0 Å². The van der Waals surface area contributed by atoms with Gasteiger partial charge in [-0.25, -0.2) is 4.79 Å². The minimum atomic E-state index is -0.497. The van der Waals surface area contributed by atoms with Crippen LogP contribution in [0.3, 0.4) is 0 Å². The normalized spacial score (nSPS) is 15.2. The summed E-state index contributed by atoms with van der Waals surface area (Å²) in [6.07, 6.45) is 2.53. The number of esters is 1. The molecule has 5 nitrogen and oxygen atoms in total. The van der Waals surface area contributed by atoms with Crippen LogP contribution in [0.25, 0.3) is 6.08 Å². The first kappa shape index (κ1) is 20.4. The molecule has 1 heterocycles. The minimum absolute atomic E-state index is 0.172. The number of ether oxygens (including phenoxy) is 2. The Morgan fingerprint density at radius 2 is 1.76 bits per heavy atom. The number of carbonyl (C=O) groups excluding carboxylic acids is 2. The molecule has 0 saturated carbocycles. The lowest BCUT2D eigenvalue weighted by molar-refractivity contribution is -0.136. The summed E-state index contributed by atoms with van der Waals surface area (Å²) in [5, 5.41) is 0. The first-order valence-corrected chi connectivity index (χ1v) is 9.65. The number of carbonyl (C=O) groups is 2. The number of methoxy groups -OCH3 is 1. The highest BCUT2D eigenvalue weighted by molar-refractivity contribution is 6.16. The standard InChI is InChI=1S/C24H25NO4/c1-4-14-25-17(2)22(24(27)28-3)21(23(25)26)15-18-10-12-20(13-11-18)29-16-19-8-6-5-7-9-19/h5-13,15H,4,14,16H2,1-3H3/b21-15-. The molecule has 2 aromatic carbocycles. The van der Waals surface area contributed by atoms with Crippen LogP contribution in [0.1, 0.15) is 31.4 Å². The van der Waals surface area contributed by atoms with Gasteiger partial charge in [0.25, 0.3) is 5.91 Å². The Labute approximate surface area is 171 Å². The molecular weight excluding hydrogens is 366 g/mol. The number of nitrogens with zero attached hydrogens (tertiary/aromatic N) is 1. The molecule has 5 heteroatoms. The van der Waals surface area contributed by atoms with Crippen LogP contribution >= 0.6 is 0 Å². The summed E-state index contributed by atoms with van der Waals surface area (Å²) in [5.41, 5.74) is 3.23. The second-order valence-corrected chi connectivity index (χ2v) is 6.81. The van der Waals surface area contributed by atoms with Crippen LogP contribution in [0.2, 0.25) is 0 Å². The van der Waals surface area contributed by atoms with E-state index in [1.807, 2.05) is 61.5 Å². The summed E-state index contributed by atoms with van der Waals surface area (Å²) in [6, 6.07) is 17.4. The highest BCUT2D eigenvalue weighted by Crippen LogP contribution is 2.32. The van der Waals surface area contributed by atoms with Gasteiger partial charge in [0.2, 0.25) is 0 Å². The van der Waals surface area contributed by atoms with Gasteiger partial charge < -0.3 is 14.4 Å². The van der Waals surface area contributed by atoms with Crippen molar-refractivity contribution in [1.29, 1.82) is 0 Å². The molecule has 3 rings (SSSR count). The fourth-order valence-electron chi connectivity index (χ4n) is 3.29. The lowest BCUT2D eigenvalue weighted by Gasteiger charge is -2.16. The molecule has 2 aromatic rings. The van der Waals surface area contributed by atoms with Crippen LogP contribution in [0.5, 0.6) is 5.75 Å². The van der Waals surface area contributed by atoms with Gasteiger partial charge in [0.05, 0.1) is 18.3 Å². The van der Waals surface area contributed by atoms with Crippen molar-refractivity contribution in [3.63, 3.8) is 0 Å². The van der Waals surface area contributed by atoms with Crippen molar-refractivity contribution in [2.75, 3.05) is 13.7 Å². The monoisotopic (exact) mass is 391 g/mol. The minimum Gasteiger partial charge on any atom is -0.489 e. The SMILES string of the molecule is CCCN1C(=O)/C(=C\c2ccc(OCc3ccccc3)cc2)C(C(=O)OC)=C1C. The average molecular weight is 391 g/mol. The van der Waals surface area contributed by atoms with Gasteiger partial charge in [-0.1, -0.05) is 49.4 Å². The molecule has 0 bridgehead atoms. The summed E-state index contributed by atoms with van der Waals surface area (Å²) in [6.45, 7) is 4.82. The van der Waals surface area contributed by atoms with E-state index in [0.717, 1.165) is 23.3 Å². The van der Waals surface area contributed by atoms with Crippen molar-refractivity contribution < 1.29 is 19.1 Å². The molecule has 1 aliphatic heterocycles. The Morgan fingerprint density at radius 3 is 2.38 bits per heavy atom. The molecule has 0 fully saturated rings. The van der Waals surface area contributed by atoms with Gasteiger partial charge in [0, 0.05) is 12.2 Å². The molecule has 0 saturated heterocycles.